The van der Waals surface area contributed by atoms with Gasteiger partial charge < -0.3 is 20.2 Å². The highest BCUT2D eigenvalue weighted by Gasteiger charge is 2.26. The Kier molecular flexibility index (Phi) is 6.96. The molecule has 1 atom stereocenters. The molecule has 1 aliphatic rings. The van der Waals surface area contributed by atoms with Crippen LogP contribution in [0.3, 0.4) is 0 Å². The van der Waals surface area contributed by atoms with E-state index in [4.69, 9.17) is 4.42 Å². The zero-order valence-corrected chi connectivity index (χ0v) is 14.5. The molecule has 1 fully saturated rings. The van der Waals surface area contributed by atoms with Gasteiger partial charge in [0.05, 0.1) is 12.8 Å². The summed E-state index contributed by atoms with van der Waals surface area (Å²) in [5.41, 5.74) is -1.09. The number of nitrogens with one attached hydrogen (secondary N) is 2. The first-order valence-electron chi connectivity index (χ1n) is 8.90. The van der Waals surface area contributed by atoms with Gasteiger partial charge in [-0.25, -0.2) is 4.99 Å². The Labute approximate surface area is 139 Å². The van der Waals surface area contributed by atoms with Gasteiger partial charge >= 0.3 is 0 Å². The molecule has 0 radical (unpaired) electrons. The molecular formula is C18H31N3O2. The number of aliphatic imine (C=N–C) groups is 1. The average molecular weight is 321 g/mol. The summed E-state index contributed by atoms with van der Waals surface area (Å²) in [6, 6.07) is 3.56. The van der Waals surface area contributed by atoms with Crippen LogP contribution in [0.15, 0.2) is 27.8 Å². The highest BCUT2D eigenvalue weighted by atomic mass is 16.4. The molecule has 0 spiro atoms. The third-order valence-corrected chi connectivity index (χ3v) is 4.51. The standard InChI is InChI=1S/C18H31N3O2/c1-3-19-17(20-12-11-15-8-5-4-6-9-15)21-14-18(2,22)16-10-7-13-23-16/h7,10,13,15,22H,3-6,8-9,11-12,14H2,1-2H3,(H2,19,20,21). The zero-order chi connectivity index (χ0) is 16.5. The average Bonchev–Trinajstić information content (AvgIpc) is 3.09. The molecule has 23 heavy (non-hydrogen) atoms. The molecule has 0 bridgehead atoms. The third kappa shape index (κ3) is 5.90. The molecule has 1 heterocycles. The number of hydrogen-bond acceptors (Lipinski definition) is 3. The van der Waals surface area contributed by atoms with Crippen LogP contribution in [0.2, 0.25) is 0 Å². The monoisotopic (exact) mass is 321 g/mol. The quantitative estimate of drug-likeness (QED) is 0.533. The summed E-state index contributed by atoms with van der Waals surface area (Å²) in [6.45, 7) is 5.76. The lowest BCUT2D eigenvalue weighted by molar-refractivity contribution is 0.0437. The van der Waals surface area contributed by atoms with Crippen LogP contribution in [0.1, 0.15) is 58.1 Å². The molecule has 0 aliphatic heterocycles. The lowest BCUT2D eigenvalue weighted by Gasteiger charge is -2.22. The summed E-state index contributed by atoms with van der Waals surface area (Å²) in [7, 11) is 0. The molecule has 5 heteroatoms. The molecule has 1 aliphatic carbocycles. The second-order valence-electron chi connectivity index (χ2n) is 6.67. The van der Waals surface area contributed by atoms with E-state index in [1.807, 2.05) is 6.92 Å². The summed E-state index contributed by atoms with van der Waals surface area (Å²) >= 11 is 0. The van der Waals surface area contributed by atoms with Crippen LogP contribution < -0.4 is 10.6 Å². The lowest BCUT2D eigenvalue weighted by atomic mass is 9.87. The molecule has 0 amide bonds. The van der Waals surface area contributed by atoms with Crippen molar-refractivity contribution in [2.45, 2.75) is 58.0 Å². The van der Waals surface area contributed by atoms with Gasteiger partial charge in [0.2, 0.25) is 0 Å². The summed E-state index contributed by atoms with van der Waals surface area (Å²) in [5.74, 6) is 2.15. The van der Waals surface area contributed by atoms with Crippen LogP contribution in [0.4, 0.5) is 0 Å². The summed E-state index contributed by atoms with van der Waals surface area (Å²) in [5, 5.41) is 17.1. The van der Waals surface area contributed by atoms with Gasteiger partial charge in [-0.05, 0) is 38.3 Å². The molecular weight excluding hydrogens is 290 g/mol. The van der Waals surface area contributed by atoms with Crippen molar-refractivity contribution >= 4 is 5.96 Å². The minimum absolute atomic E-state index is 0.263. The molecule has 1 aromatic heterocycles. The molecule has 1 aromatic rings. The van der Waals surface area contributed by atoms with Crippen LogP contribution in [0.25, 0.3) is 0 Å². The lowest BCUT2D eigenvalue weighted by Crippen LogP contribution is -2.39. The van der Waals surface area contributed by atoms with Crippen LogP contribution in [-0.4, -0.2) is 30.7 Å². The Balaban J connectivity index is 1.81. The van der Waals surface area contributed by atoms with E-state index in [0.717, 1.165) is 25.0 Å². The molecule has 1 unspecified atom stereocenters. The van der Waals surface area contributed by atoms with Crippen LogP contribution in [-0.2, 0) is 5.60 Å². The molecule has 0 aromatic carbocycles. The van der Waals surface area contributed by atoms with Crippen molar-refractivity contribution in [2.75, 3.05) is 19.6 Å². The number of hydrogen-bond donors (Lipinski definition) is 3. The van der Waals surface area contributed by atoms with Gasteiger partial charge in [-0.3, -0.25) is 0 Å². The van der Waals surface area contributed by atoms with Gasteiger partial charge in [0.25, 0.3) is 0 Å². The predicted molar refractivity (Wildman–Crippen MR) is 93.5 cm³/mol. The van der Waals surface area contributed by atoms with Crippen molar-refractivity contribution in [2.24, 2.45) is 10.9 Å². The second-order valence-corrected chi connectivity index (χ2v) is 6.67. The summed E-state index contributed by atoms with van der Waals surface area (Å²) in [4.78, 5) is 4.51. The third-order valence-electron chi connectivity index (χ3n) is 4.51. The minimum atomic E-state index is -1.09. The number of rotatable bonds is 7. The first-order chi connectivity index (χ1) is 11.1. The van der Waals surface area contributed by atoms with Crippen molar-refractivity contribution in [1.29, 1.82) is 0 Å². The molecule has 3 N–H and O–H groups in total. The van der Waals surface area contributed by atoms with E-state index in [1.54, 1.807) is 25.3 Å². The number of aliphatic hydroxyl groups is 1. The van der Waals surface area contributed by atoms with E-state index in [-0.39, 0.29) is 6.54 Å². The normalized spacial score (nSPS) is 19.3. The maximum Gasteiger partial charge on any atom is 0.191 e. The Morgan fingerprint density at radius 3 is 2.78 bits per heavy atom. The van der Waals surface area contributed by atoms with Gasteiger partial charge in [-0.2, -0.15) is 0 Å². The van der Waals surface area contributed by atoms with Crippen molar-refractivity contribution in [3.05, 3.63) is 24.2 Å². The largest absolute Gasteiger partial charge is 0.466 e. The predicted octanol–water partition coefficient (Wildman–Crippen LogP) is 3.01. The number of nitrogens with zero attached hydrogens (tertiary/aromatic N) is 1. The molecule has 2 rings (SSSR count). The number of guanidine groups is 1. The Morgan fingerprint density at radius 2 is 2.13 bits per heavy atom. The van der Waals surface area contributed by atoms with Crippen molar-refractivity contribution < 1.29 is 9.52 Å². The second kappa shape index (κ2) is 8.96. The van der Waals surface area contributed by atoms with Gasteiger partial charge in [-0.1, -0.05) is 32.1 Å². The zero-order valence-electron chi connectivity index (χ0n) is 14.5. The van der Waals surface area contributed by atoms with Crippen molar-refractivity contribution in [3.63, 3.8) is 0 Å². The summed E-state index contributed by atoms with van der Waals surface area (Å²) in [6.07, 6.45) is 9.65. The molecule has 5 nitrogen and oxygen atoms in total. The SMILES string of the molecule is CCNC(=NCC(C)(O)c1ccco1)NCCC1CCCCC1. The highest BCUT2D eigenvalue weighted by Crippen LogP contribution is 2.25. The minimum Gasteiger partial charge on any atom is -0.466 e. The van der Waals surface area contributed by atoms with E-state index < -0.39 is 5.60 Å². The van der Waals surface area contributed by atoms with Gasteiger partial charge in [0.15, 0.2) is 5.96 Å². The van der Waals surface area contributed by atoms with E-state index >= 15 is 0 Å². The fourth-order valence-electron chi connectivity index (χ4n) is 3.11. The number of furan rings is 1. The van der Waals surface area contributed by atoms with Crippen LogP contribution in [0, 0.1) is 5.92 Å². The van der Waals surface area contributed by atoms with E-state index in [9.17, 15) is 5.11 Å². The van der Waals surface area contributed by atoms with Gasteiger partial charge in [0, 0.05) is 13.1 Å². The fraction of sp³-hybridized carbons (Fsp3) is 0.722. The Morgan fingerprint density at radius 1 is 1.35 bits per heavy atom. The van der Waals surface area contributed by atoms with Gasteiger partial charge in [0.1, 0.15) is 11.4 Å². The van der Waals surface area contributed by atoms with E-state index in [1.165, 1.54) is 38.5 Å². The molecule has 1 saturated carbocycles. The first-order valence-corrected chi connectivity index (χ1v) is 8.90. The maximum absolute atomic E-state index is 10.5. The van der Waals surface area contributed by atoms with Crippen LogP contribution in [0.5, 0.6) is 0 Å². The fourth-order valence-corrected chi connectivity index (χ4v) is 3.11. The van der Waals surface area contributed by atoms with E-state index in [0.29, 0.717) is 5.76 Å². The smallest absolute Gasteiger partial charge is 0.191 e. The van der Waals surface area contributed by atoms with Crippen LogP contribution >= 0.6 is 0 Å². The highest BCUT2D eigenvalue weighted by molar-refractivity contribution is 5.79. The topological polar surface area (TPSA) is 69.8 Å². The molecule has 130 valence electrons. The first kappa shape index (κ1) is 17.9. The van der Waals surface area contributed by atoms with E-state index in [2.05, 4.69) is 15.6 Å². The Bertz CT molecular complexity index is 463. The molecule has 0 saturated heterocycles. The Hall–Kier alpha value is -1.49. The summed E-state index contributed by atoms with van der Waals surface area (Å²) < 4.78 is 5.29. The van der Waals surface area contributed by atoms with Crippen molar-refractivity contribution in [3.8, 4) is 0 Å². The van der Waals surface area contributed by atoms with Gasteiger partial charge in [-0.15, -0.1) is 0 Å². The van der Waals surface area contributed by atoms with Crippen molar-refractivity contribution in [1.82, 2.24) is 10.6 Å². The maximum atomic E-state index is 10.5.